The first-order valence-corrected chi connectivity index (χ1v) is 9.03. The number of fused-ring (bicyclic) bond motifs is 1. The second kappa shape index (κ2) is 8.29. The third kappa shape index (κ3) is 4.35. The molecule has 1 aromatic carbocycles. The van der Waals surface area contributed by atoms with E-state index in [0.717, 1.165) is 18.5 Å². The number of benzene rings is 1. The number of cyclic esters (lactones) is 1. The predicted molar refractivity (Wildman–Crippen MR) is 91.9 cm³/mol. The fraction of sp³-hybridized carbons (Fsp3) is 0.579. The lowest BCUT2D eigenvalue weighted by Crippen LogP contribution is -2.42. The Labute approximate surface area is 143 Å². The second-order valence-corrected chi connectivity index (χ2v) is 6.66. The molecule has 0 aromatic heterocycles. The van der Waals surface area contributed by atoms with Crippen molar-refractivity contribution in [1.29, 1.82) is 0 Å². The van der Waals surface area contributed by atoms with Gasteiger partial charge in [-0.25, -0.2) is 4.79 Å². The maximum Gasteiger partial charge on any atom is 0.339 e. The van der Waals surface area contributed by atoms with Crippen molar-refractivity contribution in [3.63, 3.8) is 0 Å². The molecule has 0 aliphatic carbocycles. The Balaban J connectivity index is 1.42. The minimum absolute atomic E-state index is 0.186. The van der Waals surface area contributed by atoms with Crippen LogP contribution in [0.3, 0.4) is 0 Å². The van der Waals surface area contributed by atoms with E-state index in [1.165, 1.54) is 38.8 Å². The lowest BCUT2D eigenvalue weighted by atomic mass is 9.98. The van der Waals surface area contributed by atoms with Crippen LogP contribution < -0.4 is 5.32 Å². The van der Waals surface area contributed by atoms with Crippen LogP contribution in [-0.4, -0.2) is 49.1 Å². The van der Waals surface area contributed by atoms with Gasteiger partial charge >= 0.3 is 5.97 Å². The summed E-state index contributed by atoms with van der Waals surface area (Å²) < 4.78 is 5.28. The van der Waals surface area contributed by atoms with Gasteiger partial charge in [0.2, 0.25) is 0 Å². The molecular formula is C19H26N2O3. The highest BCUT2D eigenvalue weighted by Crippen LogP contribution is 2.20. The molecule has 0 bridgehead atoms. The van der Waals surface area contributed by atoms with Crippen molar-refractivity contribution in [3.8, 4) is 0 Å². The van der Waals surface area contributed by atoms with E-state index >= 15 is 0 Å². The predicted octanol–water partition coefficient (Wildman–Crippen LogP) is 2.15. The van der Waals surface area contributed by atoms with Gasteiger partial charge in [0.05, 0.1) is 5.56 Å². The van der Waals surface area contributed by atoms with Crippen LogP contribution in [0.4, 0.5) is 0 Å². The Kier molecular flexibility index (Phi) is 5.86. The fourth-order valence-corrected chi connectivity index (χ4v) is 3.47. The van der Waals surface area contributed by atoms with Gasteiger partial charge < -0.3 is 15.0 Å². The number of nitrogens with zero attached hydrogens (tertiary/aromatic N) is 1. The summed E-state index contributed by atoms with van der Waals surface area (Å²) in [6, 6.07) is 7.32. The summed E-state index contributed by atoms with van der Waals surface area (Å²) in [5, 5.41) is 2.92. The van der Waals surface area contributed by atoms with Crippen LogP contribution in [0.5, 0.6) is 0 Å². The standard InChI is InChI=1S/C19H26N2O3/c22-18(20-10-7-13-21-11-5-1-2-6-12-21)17-14-15-8-3-4-9-16(15)19(23)24-17/h3-4,8-9,17H,1-2,5-7,10-14H2,(H,20,22). The first kappa shape index (κ1) is 17.0. The van der Waals surface area contributed by atoms with Crippen LogP contribution in [0, 0.1) is 0 Å². The molecule has 1 unspecified atom stereocenters. The van der Waals surface area contributed by atoms with Gasteiger partial charge in [-0.1, -0.05) is 31.0 Å². The Bertz CT molecular complexity index is 580. The lowest BCUT2D eigenvalue weighted by molar-refractivity contribution is -0.130. The van der Waals surface area contributed by atoms with Crippen molar-refractivity contribution in [2.75, 3.05) is 26.2 Å². The maximum atomic E-state index is 12.3. The zero-order valence-corrected chi connectivity index (χ0v) is 14.1. The molecule has 1 N–H and O–H groups in total. The summed E-state index contributed by atoms with van der Waals surface area (Å²) in [4.78, 5) is 26.7. The molecule has 1 atom stereocenters. The highest BCUT2D eigenvalue weighted by molar-refractivity contribution is 5.95. The summed E-state index contributed by atoms with van der Waals surface area (Å²) in [6.45, 7) is 3.99. The average Bonchev–Trinajstić information content (AvgIpc) is 2.87. The Morgan fingerprint density at radius 3 is 2.71 bits per heavy atom. The van der Waals surface area contributed by atoms with E-state index in [1.54, 1.807) is 6.07 Å². The van der Waals surface area contributed by atoms with Crippen molar-refractivity contribution in [3.05, 3.63) is 35.4 Å². The highest BCUT2D eigenvalue weighted by Gasteiger charge is 2.30. The van der Waals surface area contributed by atoms with Crippen LogP contribution >= 0.6 is 0 Å². The molecule has 1 saturated heterocycles. The molecule has 2 heterocycles. The number of rotatable bonds is 5. The van der Waals surface area contributed by atoms with Crippen LogP contribution in [-0.2, 0) is 16.0 Å². The van der Waals surface area contributed by atoms with Gasteiger partial charge in [-0.15, -0.1) is 0 Å². The largest absolute Gasteiger partial charge is 0.448 e. The van der Waals surface area contributed by atoms with Crippen molar-refractivity contribution in [2.45, 2.75) is 44.6 Å². The minimum atomic E-state index is -0.703. The van der Waals surface area contributed by atoms with Crippen molar-refractivity contribution >= 4 is 11.9 Å². The lowest BCUT2D eigenvalue weighted by Gasteiger charge is -2.24. The topological polar surface area (TPSA) is 58.6 Å². The van der Waals surface area contributed by atoms with Gasteiger partial charge in [-0.3, -0.25) is 4.79 Å². The van der Waals surface area contributed by atoms with E-state index < -0.39 is 12.1 Å². The Hall–Kier alpha value is -1.88. The number of nitrogens with one attached hydrogen (secondary N) is 1. The molecule has 2 aliphatic heterocycles. The Morgan fingerprint density at radius 1 is 1.17 bits per heavy atom. The van der Waals surface area contributed by atoms with E-state index in [-0.39, 0.29) is 5.91 Å². The zero-order chi connectivity index (χ0) is 16.8. The molecule has 0 spiro atoms. The van der Waals surface area contributed by atoms with Crippen molar-refractivity contribution < 1.29 is 14.3 Å². The number of ether oxygens (including phenoxy) is 1. The molecule has 5 nitrogen and oxygen atoms in total. The van der Waals surface area contributed by atoms with Gasteiger partial charge in [0.1, 0.15) is 0 Å². The van der Waals surface area contributed by atoms with Gasteiger partial charge in [-0.05, 0) is 50.5 Å². The number of amides is 1. The smallest absolute Gasteiger partial charge is 0.339 e. The van der Waals surface area contributed by atoms with E-state index in [1.807, 2.05) is 18.2 Å². The molecule has 1 fully saturated rings. The van der Waals surface area contributed by atoms with Crippen LogP contribution in [0.15, 0.2) is 24.3 Å². The zero-order valence-electron chi connectivity index (χ0n) is 14.1. The SMILES string of the molecule is O=C1OC(C(=O)NCCCN2CCCCCC2)Cc2ccccc21. The maximum absolute atomic E-state index is 12.3. The number of hydrogen-bond acceptors (Lipinski definition) is 4. The third-order valence-electron chi connectivity index (χ3n) is 4.83. The summed E-state index contributed by atoms with van der Waals surface area (Å²) in [7, 11) is 0. The second-order valence-electron chi connectivity index (χ2n) is 6.66. The number of carbonyl (C=O) groups excluding carboxylic acids is 2. The van der Waals surface area contributed by atoms with Gasteiger partial charge in [0, 0.05) is 13.0 Å². The van der Waals surface area contributed by atoms with Crippen LogP contribution in [0.25, 0.3) is 0 Å². The number of carbonyl (C=O) groups is 2. The van der Waals surface area contributed by atoms with Crippen LogP contribution in [0.2, 0.25) is 0 Å². The normalized spacial score (nSPS) is 21.5. The van der Waals surface area contributed by atoms with Crippen molar-refractivity contribution in [1.82, 2.24) is 10.2 Å². The molecule has 1 amide bonds. The molecule has 3 rings (SSSR count). The quantitative estimate of drug-likeness (QED) is 0.664. The monoisotopic (exact) mass is 330 g/mol. The first-order chi connectivity index (χ1) is 11.7. The van der Waals surface area contributed by atoms with E-state index in [4.69, 9.17) is 4.74 Å². The molecule has 2 aliphatic rings. The van der Waals surface area contributed by atoms with E-state index in [0.29, 0.717) is 18.5 Å². The number of hydrogen-bond donors (Lipinski definition) is 1. The first-order valence-electron chi connectivity index (χ1n) is 9.03. The average molecular weight is 330 g/mol. The van der Waals surface area contributed by atoms with Crippen LogP contribution in [0.1, 0.15) is 48.0 Å². The van der Waals surface area contributed by atoms with E-state index in [2.05, 4.69) is 10.2 Å². The highest BCUT2D eigenvalue weighted by atomic mass is 16.5. The molecule has 5 heteroatoms. The van der Waals surface area contributed by atoms with Gasteiger partial charge in [-0.2, -0.15) is 0 Å². The van der Waals surface area contributed by atoms with Gasteiger partial charge in [0.25, 0.3) is 5.91 Å². The Morgan fingerprint density at radius 2 is 1.92 bits per heavy atom. The molecular weight excluding hydrogens is 304 g/mol. The summed E-state index contributed by atoms with van der Waals surface area (Å²) in [5.74, 6) is -0.588. The van der Waals surface area contributed by atoms with E-state index in [9.17, 15) is 9.59 Å². The molecule has 1 aromatic rings. The number of likely N-dealkylation sites (tertiary alicyclic amines) is 1. The van der Waals surface area contributed by atoms with Crippen molar-refractivity contribution in [2.24, 2.45) is 0 Å². The minimum Gasteiger partial charge on any atom is -0.448 e. The summed E-state index contributed by atoms with van der Waals surface area (Å²) >= 11 is 0. The summed E-state index contributed by atoms with van der Waals surface area (Å²) in [6.07, 6.45) is 5.92. The third-order valence-corrected chi connectivity index (χ3v) is 4.83. The molecule has 0 radical (unpaired) electrons. The molecule has 130 valence electrons. The van der Waals surface area contributed by atoms with Gasteiger partial charge in [0.15, 0.2) is 6.10 Å². The number of esters is 1. The fourth-order valence-electron chi connectivity index (χ4n) is 3.47. The summed E-state index contributed by atoms with van der Waals surface area (Å²) in [5.41, 5.74) is 1.46. The molecule has 24 heavy (non-hydrogen) atoms. The molecule has 0 saturated carbocycles.